The summed E-state index contributed by atoms with van der Waals surface area (Å²) >= 11 is 0. The Bertz CT molecular complexity index is 846. The van der Waals surface area contributed by atoms with Gasteiger partial charge in [-0.2, -0.15) is 0 Å². The van der Waals surface area contributed by atoms with Crippen molar-refractivity contribution in [1.29, 1.82) is 0 Å². The van der Waals surface area contributed by atoms with Crippen molar-refractivity contribution in [1.82, 2.24) is 4.98 Å². The van der Waals surface area contributed by atoms with Gasteiger partial charge in [-0.3, -0.25) is 4.98 Å². The molecule has 1 aliphatic rings. The molecule has 0 amide bonds. The summed E-state index contributed by atoms with van der Waals surface area (Å²) in [7, 11) is 0. The second-order valence-corrected chi connectivity index (χ2v) is 5.89. The highest BCUT2D eigenvalue weighted by atomic mass is 14.7. The summed E-state index contributed by atoms with van der Waals surface area (Å²) in [5.74, 6) is 0. The van der Waals surface area contributed by atoms with Gasteiger partial charge in [0.15, 0.2) is 0 Å². The van der Waals surface area contributed by atoms with E-state index in [0.29, 0.717) is 0 Å². The first-order chi connectivity index (χ1) is 10.2. The average Bonchev–Trinajstić information content (AvgIpc) is 2.84. The van der Waals surface area contributed by atoms with Crippen molar-refractivity contribution >= 4 is 0 Å². The zero-order valence-corrected chi connectivity index (χ0v) is 12.4. The summed E-state index contributed by atoms with van der Waals surface area (Å²) in [6.07, 6.45) is 2.91. The summed E-state index contributed by atoms with van der Waals surface area (Å²) in [6, 6.07) is 17.6. The molecular weight excluding hydrogens is 254 g/mol. The maximum atomic E-state index is 4.57. The number of hydrogen-bond donors (Lipinski definition) is 0. The summed E-state index contributed by atoms with van der Waals surface area (Å²) in [6.45, 7) is 4.28. The number of hydrogen-bond acceptors (Lipinski definition) is 1. The second-order valence-electron chi connectivity index (χ2n) is 5.89. The molecule has 1 aromatic heterocycles. The molecule has 0 saturated heterocycles. The van der Waals surface area contributed by atoms with Gasteiger partial charge in [0.25, 0.3) is 0 Å². The van der Waals surface area contributed by atoms with Gasteiger partial charge >= 0.3 is 0 Å². The summed E-state index contributed by atoms with van der Waals surface area (Å²) < 4.78 is 0. The molecule has 0 bridgehead atoms. The smallest absolute Gasteiger partial charge is 0.0707 e. The fourth-order valence-corrected chi connectivity index (χ4v) is 3.28. The van der Waals surface area contributed by atoms with E-state index in [2.05, 4.69) is 61.3 Å². The first kappa shape index (κ1) is 12.3. The van der Waals surface area contributed by atoms with Crippen molar-refractivity contribution in [3.63, 3.8) is 0 Å². The molecule has 1 heterocycles. The minimum Gasteiger partial charge on any atom is -0.256 e. The van der Waals surface area contributed by atoms with Crippen molar-refractivity contribution in [2.75, 3.05) is 0 Å². The Hall–Kier alpha value is -2.41. The molecule has 0 atom stereocenters. The quantitative estimate of drug-likeness (QED) is 0.478. The molecule has 0 radical (unpaired) electrons. The standard InChI is InChI=1S/C20H17N/c1-13-6-7-16-15(10-13)12-19-17(16)4-3-5-18(19)20-11-14(2)8-9-21-20/h3-11H,12H2,1-2H3. The van der Waals surface area contributed by atoms with E-state index in [1.165, 1.54) is 38.9 Å². The van der Waals surface area contributed by atoms with Gasteiger partial charge in [0.05, 0.1) is 5.69 Å². The highest BCUT2D eigenvalue weighted by molar-refractivity contribution is 5.84. The Morgan fingerprint density at radius 1 is 0.810 bits per heavy atom. The minimum absolute atomic E-state index is 1.01. The van der Waals surface area contributed by atoms with Crippen LogP contribution in [0.5, 0.6) is 0 Å². The predicted molar refractivity (Wildman–Crippen MR) is 87.4 cm³/mol. The third-order valence-electron chi connectivity index (χ3n) is 4.29. The van der Waals surface area contributed by atoms with E-state index in [1.807, 2.05) is 12.3 Å². The molecule has 0 fully saturated rings. The minimum atomic E-state index is 1.01. The normalized spacial score (nSPS) is 12.1. The van der Waals surface area contributed by atoms with Crippen LogP contribution < -0.4 is 0 Å². The molecule has 1 aliphatic carbocycles. The van der Waals surface area contributed by atoms with Crippen LogP contribution in [0.3, 0.4) is 0 Å². The largest absolute Gasteiger partial charge is 0.256 e. The van der Waals surface area contributed by atoms with Gasteiger partial charge in [0.2, 0.25) is 0 Å². The lowest BCUT2D eigenvalue weighted by Gasteiger charge is -2.08. The van der Waals surface area contributed by atoms with E-state index in [9.17, 15) is 0 Å². The van der Waals surface area contributed by atoms with Gasteiger partial charge in [0.1, 0.15) is 0 Å². The van der Waals surface area contributed by atoms with Crippen molar-refractivity contribution in [3.8, 4) is 22.4 Å². The average molecular weight is 271 g/mol. The number of nitrogens with zero attached hydrogens (tertiary/aromatic N) is 1. The molecule has 1 nitrogen and oxygen atoms in total. The van der Waals surface area contributed by atoms with E-state index in [4.69, 9.17) is 0 Å². The SMILES string of the molecule is Cc1ccnc(-c2cccc3c2Cc2cc(C)ccc2-3)c1. The van der Waals surface area contributed by atoms with Crippen molar-refractivity contribution < 1.29 is 0 Å². The van der Waals surface area contributed by atoms with Crippen molar-refractivity contribution in [3.05, 3.63) is 77.0 Å². The molecule has 102 valence electrons. The number of benzene rings is 2. The van der Waals surface area contributed by atoms with E-state index < -0.39 is 0 Å². The molecule has 0 N–H and O–H groups in total. The van der Waals surface area contributed by atoms with Crippen molar-refractivity contribution in [2.45, 2.75) is 20.3 Å². The van der Waals surface area contributed by atoms with Gasteiger partial charge in [0, 0.05) is 11.8 Å². The lowest BCUT2D eigenvalue weighted by molar-refractivity contribution is 1.22. The third kappa shape index (κ3) is 1.97. The number of fused-ring (bicyclic) bond motifs is 3. The van der Waals surface area contributed by atoms with Gasteiger partial charge in [-0.15, -0.1) is 0 Å². The summed E-state index contributed by atoms with van der Waals surface area (Å²) in [4.78, 5) is 4.57. The fourth-order valence-electron chi connectivity index (χ4n) is 3.28. The molecule has 21 heavy (non-hydrogen) atoms. The monoisotopic (exact) mass is 271 g/mol. The Morgan fingerprint density at radius 3 is 2.48 bits per heavy atom. The number of aromatic nitrogens is 1. The second kappa shape index (κ2) is 4.56. The van der Waals surface area contributed by atoms with E-state index in [-0.39, 0.29) is 0 Å². The Morgan fingerprint density at radius 2 is 1.62 bits per heavy atom. The molecule has 0 aliphatic heterocycles. The van der Waals surface area contributed by atoms with Crippen LogP contribution >= 0.6 is 0 Å². The van der Waals surface area contributed by atoms with Gasteiger partial charge in [-0.05, 0) is 60.2 Å². The van der Waals surface area contributed by atoms with Crippen LogP contribution in [0.2, 0.25) is 0 Å². The number of aryl methyl sites for hydroxylation is 2. The molecule has 3 aromatic rings. The lowest BCUT2D eigenvalue weighted by Crippen LogP contribution is -1.91. The highest BCUT2D eigenvalue weighted by Gasteiger charge is 2.21. The first-order valence-corrected chi connectivity index (χ1v) is 7.37. The van der Waals surface area contributed by atoms with E-state index >= 15 is 0 Å². The Labute approximate surface area is 125 Å². The molecule has 2 aromatic carbocycles. The Kier molecular flexibility index (Phi) is 2.68. The lowest BCUT2D eigenvalue weighted by atomic mass is 9.98. The molecule has 0 saturated carbocycles. The molecular formula is C20H17N. The van der Waals surface area contributed by atoms with Crippen LogP contribution in [0.4, 0.5) is 0 Å². The van der Waals surface area contributed by atoms with E-state index in [0.717, 1.165) is 12.1 Å². The number of rotatable bonds is 1. The third-order valence-corrected chi connectivity index (χ3v) is 4.29. The fraction of sp³-hybridized carbons (Fsp3) is 0.150. The van der Waals surface area contributed by atoms with Crippen LogP contribution in [0, 0.1) is 13.8 Å². The van der Waals surface area contributed by atoms with Crippen LogP contribution in [-0.2, 0) is 6.42 Å². The topological polar surface area (TPSA) is 12.9 Å². The van der Waals surface area contributed by atoms with Gasteiger partial charge in [-0.25, -0.2) is 0 Å². The van der Waals surface area contributed by atoms with E-state index in [1.54, 1.807) is 0 Å². The summed E-state index contributed by atoms with van der Waals surface area (Å²) in [5, 5.41) is 0. The number of pyridine rings is 1. The zero-order valence-electron chi connectivity index (χ0n) is 12.4. The molecule has 0 spiro atoms. The maximum absolute atomic E-state index is 4.57. The Balaban J connectivity index is 1.92. The maximum Gasteiger partial charge on any atom is 0.0707 e. The zero-order chi connectivity index (χ0) is 14.4. The molecule has 4 rings (SSSR count). The van der Waals surface area contributed by atoms with Gasteiger partial charge in [-0.1, -0.05) is 42.0 Å². The van der Waals surface area contributed by atoms with Crippen LogP contribution in [0.1, 0.15) is 22.3 Å². The van der Waals surface area contributed by atoms with Crippen LogP contribution in [0.15, 0.2) is 54.7 Å². The van der Waals surface area contributed by atoms with Crippen molar-refractivity contribution in [2.24, 2.45) is 0 Å². The molecule has 0 unspecified atom stereocenters. The molecule has 1 heteroatoms. The van der Waals surface area contributed by atoms with Crippen LogP contribution in [0.25, 0.3) is 22.4 Å². The van der Waals surface area contributed by atoms with Crippen LogP contribution in [-0.4, -0.2) is 4.98 Å². The summed E-state index contributed by atoms with van der Waals surface area (Å²) in [5.41, 5.74) is 10.5. The highest BCUT2D eigenvalue weighted by Crippen LogP contribution is 2.41. The van der Waals surface area contributed by atoms with Gasteiger partial charge < -0.3 is 0 Å². The first-order valence-electron chi connectivity index (χ1n) is 7.37. The predicted octanol–water partition coefficient (Wildman–Crippen LogP) is 4.94.